The molecule has 8 heterocycles. The van der Waals surface area contributed by atoms with Gasteiger partial charge in [0.2, 0.25) is 11.8 Å². The number of pyridine rings is 1. The smallest absolute Gasteiger partial charge is 0.407 e. The van der Waals surface area contributed by atoms with E-state index in [9.17, 15) is 29.1 Å². The number of aromatic hydroxyl groups is 1. The fourth-order valence-corrected chi connectivity index (χ4v) is 12.1. The molecule has 2 aromatic heterocycles. The molecule has 79 heavy (non-hydrogen) atoms. The van der Waals surface area contributed by atoms with Crippen LogP contribution in [0.4, 0.5) is 25.1 Å². The maximum absolute atomic E-state index is 17.2. The molecule has 5 N–H and O–H groups in total. The van der Waals surface area contributed by atoms with Crippen LogP contribution in [0.25, 0.3) is 32.9 Å². The number of phenolic OH excluding ortho intramolecular Hbond substituents is 1. The maximum atomic E-state index is 17.2. The van der Waals surface area contributed by atoms with E-state index in [-0.39, 0.29) is 120 Å². The van der Waals surface area contributed by atoms with Gasteiger partial charge in [0, 0.05) is 73.6 Å². The van der Waals surface area contributed by atoms with Crippen LogP contribution in [-0.2, 0) is 28.5 Å². The fraction of sp³-hybridized carbons (Fsp3) is 0.464. The van der Waals surface area contributed by atoms with Crippen LogP contribution in [0, 0.1) is 24.0 Å². The number of hydrogen-bond acceptors (Lipinski definition) is 18. The van der Waals surface area contributed by atoms with Gasteiger partial charge in [0.25, 0.3) is 11.8 Å². The summed E-state index contributed by atoms with van der Waals surface area (Å²) in [6.45, 7) is 4.80. The number of carbonyl (C=O) groups excluding carboxylic acids is 5. The number of fused-ring (bicyclic) bond motifs is 6. The molecular formula is C56H60F2N10O11. The predicted molar refractivity (Wildman–Crippen MR) is 283 cm³/mol. The lowest BCUT2D eigenvalue weighted by molar-refractivity contribution is -0.136. The molecule has 23 heteroatoms. The number of aromatic nitrogens is 3. The van der Waals surface area contributed by atoms with Gasteiger partial charge in [0.05, 0.1) is 67.3 Å². The third-order valence-electron chi connectivity index (χ3n) is 15.8. The summed E-state index contributed by atoms with van der Waals surface area (Å²) in [7, 11) is 0. The maximum Gasteiger partial charge on any atom is 0.407 e. The highest BCUT2D eigenvalue weighted by molar-refractivity contribution is 6.25. The minimum atomic E-state index is -1.05. The van der Waals surface area contributed by atoms with Crippen molar-refractivity contribution in [1.29, 1.82) is 0 Å². The number of terminal acetylenes is 1. The topological polar surface area (TPSA) is 248 Å². The molecular weight excluding hydrogens is 1030 g/mol. The molecule has 414 valence electrons. The minimum absolute atomic E-state index is 0.00264. The predicted octanol–water partition coefficient (Wildman–Crippen LogP) is 4.42. The SMILES string of the molecule is C#Cc1c(F)ccc2cc(O)cc(-c3ncc4c(N5CC6CCC(C5)N6)nc(OC[C@@]56CCCN5[C@H](COC(=O)NCCOCCOCCOCCNc5cccc7c5C(=O)N(C5CCC(=O)NC5=O)C7=O)CC6)nc4c3F)c12. The summed E-state index contributed by atoms with van der Waals surface area (Å²) in [6.07, 6.45) is 12.2. The third-order valence-corrected chi connectivity index (χ3v) is 15.8. The van der Waals surface area contributed by atoms with E-state index in [1.165, 1.54) is 36.5 Å². The summed E-state index contributed by atoms with van der Waals surface area (Å²) < 4.78 is 61.3. The molecule has 3 unspecified atom stereocenters. The first-order valence-corrected chi connectivity index (χ1v) is 26.8. The molecule has 2 bridgehead atoms. The van der Waals surface area contributed by atoms with E-state index >= 15 is 8.78 Å². The van der Waals surface area contributed by atoms with Crippen molar-refractivity contribution >= 4 is 62.9 Å². The Morgan fingerprint density at radius 2 is 1.67 bits per heavy atom. The Balaban J connectivity index is 0.619. The molecule has 0 spiro atoms. The number of piperidine rings is 1. The van der Waals surface area contributed by atoms with Crippen molar-refractivity contribution in [3.63, 3.8) is 0 Å². The second kappa shape index (κ2) is 23.0. The number of hydrogen-bond donors (Lipinski definition) is 5. The average Bonchev–Trinajstić information content (AvgIpc) is 4.27. The van der Waals surface area contributed by atoms with Gasteiger partial charge in [0.1, 0.15) is 47.9 Å². The molecule has 5 aromatic rings. The third kappa shape index (κ3) is 10.8. The molecule has 5 fully saturated rings. The van der Waals surface area contributed by atoms with Gasteiger partial charge in [-0.05, 0) is 87.2 Å². The summed E-state index contributed by atoms with van der Waals surface area (Å²) in [5.41, 5.74) is 0.296. The van der Waals surface area contributed by atoms with Gasteiger partial charge >= 0.3 is 12.1 Å². The number of carbonyl (C=O) groups is 5. The van der Waals surface area contributed by atoms with Crippen LogP contribution in [0.3, 0.4) is 0 Å². The summed E-state index contributed by atoms with van der Waals surface area (Å²) in [6, 6.07) is 9.71. The Bertz CT molecular complexity index is 3260. The first-order chi connectivity index (χ1) is 38.4. The highest BCUT2D eigenvalue weighted by Crippen LogP contribution is 2.44. The van der Waals surface area contributed by atoms with Crippen molar-refractivity contribution in [3.8, 4) is 35.4 Å². The van der Waals surface area contributed by atoms with Crippen molar-refractivity contribution in [2.24, 2.45) is 0 Å². The van der Waals surface area contributed by atoms with Crippen LogP contribution in [0.15, 0.2) is 48.7 Å². The molecule has 3 aromatic carbocycles. The number of halogens is 2. The van der Waals surface area contributed by atoms with Crippen molar-refractivity contribution in [2.75, 3.05) is 95.8 Å². The second-order valence-corrected chi connectivity index (χ2v) is 20.7. The molecule has 0 radical (unpaired) electrons. The highest BCUT2D eigenvalue weighted by atomic mass is 19.1. The van der Waals surface area contributed by atoms with Crippen molar-refractivity contribution < 1.29 is 61.5 Å². The van der Waals surface area contributed by atoms with Gasteiger partial charge in [-0.25, -0.2) is 13.6 Å². The van der Waals surface area contributed by atoms with Gasteiger partial charge < -0.3 is 49.6 Å². The van der Waals surface area contributed by atoms with Gasteiger partial charge in [-0.1, -0.05) is 18.1 Å². The van der Waals surface area contributed by atoms with Crippen LogP contribution in [0.1, 0.15) is 77.6 Å². The lowest BCUT2D eigenvalue weighted by Gasteiger charge is -2.35. The van der Waals surface area contributed by atoms with Gasteiger partial charge in [0.15, 0.2) is 5.82 Å². The van der Waals surface area contributed by atoms with E-state index in [0.717, 1.165) is 50.0 Å². The van der Waals surface area contributed by atoms with Crippen LogP contribution >= 0.6 is 0 Å². The summed E-state index contributed by atoms with van der Waals surface area (Å²) in [5.74, 6) is -0.995. The average molecular weight is 1090 g/mol. The number of phenols is 1. The van der Waals surface area contributed by atoms with Crippen LogP contribution < -0.4 is 30.9 Å². The lowest BCUT2D eigenvalue weighted by Crippen LogP contribution is -2.54. The Kier molecular flexibility index (Phi) is 15.5. The largest absolute Gasteiger partial charge is 0.508 e. The molecule has 5 atom stereocenters. The Morgan fingerprint density at radius 3 is 2.44 bits per heavy atom. The molecule has 0 saturated carbocycles. The fourth-order valence-electron chi connectivity index (χ4n) is 12.1. The molecule has 11 rings (SSSR count). The van der Waals surface area contributed by atoms with Crippen LogP contribution in [-0.4, -0.2) is 175 Å². The van der Waals surface area contributed by atoms with Gasteiger partial charge in [-0.2, -0.15) is 9.97 Å². The Morgan fingerprint density at radius 1 is 0.899 bits per heavy atom. The Hall–Kier alpha value is -7.62. The van der Waals surface area contributed by atoms with E-state index in [0.29, 0.717) is 68.3 Å². The monoisotopic (exact) mass is 1090 g/mol. The number of nitrogens with zero attached hydrogens (tertiary/aromatic N) is 6. The highest BCUT2D eigenvalue weighted by Gasteiger charge is 2.50. The minimum Gasteiger partial charge on any atom is -0.508 e. The summed E-state index contributed by atoms with van der Waals surface area (Å²) in [4.78, 5) is 82.7. The first-order valence-electron chi connectivity index (χ1n) is 26.8. The number of ether oxygens (including phenoxy) is 5. The number of amides is 5. The number of benzene rings is 3. The van der Waals surface area contributed by atoms with Crippen LogP contribution in [0.2, 0.25) is 0 Å². The van der Waals surface area contributed by atoms with Gasteiger partial charge in [-0.15, -0.1) is 6.42 Å². The summed E-state index contributed by atoms with van der Waals surface area (Å²) >= 11 is 0. The van der Waals surface area contributed by atoms with Crippen molar-refractivity contribution in [1.82, 2.24) is 40.7 Å². The van der Waals surface area contributed by atoms with E-state index in [2.05, 4.69) is 47.0 Å². The quantitative estimate of drug-likeness (QED) is 0.0388. The molecule has 5 saturated heterocycles. The zero-order chi connectivity index (χ0) is 54.8. The normalized spacial score (nSPS) is 22.6. The van der Waals surface area contributed by atoms with E-state index in [1.807, 2.05) is 0 Å². The molecule has 5 amide bonds. The zero-order valence-electron chi connectivity index (χ0n) is 43.3. The number of nitrogens with one attached hydrogen (secondary N) is 4. The lowest BCUT2D eigenvalue weighted by atomic mass is 9.95. The zero-order valence-corrected chi connectivity index (χ0v) is 43.3. The number of alkyl carbamates (subject to hydrolysis) is 1. The first kappa shape index (κ1) is 53.4. The van der Waals surface area contributed by atoms with Crippen molar-refractivity contribution in [3.05, 3.63) is 77.0 Å². The second-order valence-electron chi connectivity index (χ2n) is 20.7. The van der Waals surface area contributed by atoms with E-state index in [4.69, 9.17) is 35.1 Å². The molecule has 21 nitrogen and oxygen atoms in total. The van der Waals surface area contributed by atoms with Crippen LogP contribution in [0.5, 0.6) is 11.8 Å². The van der Waals surface area contributed by atoms with E-state index in [1.54, 1.807) is 12.1 Å². The molecule has 6 aliphatic rings. The van der Waals surface area contributed by atoms with Crippen molar-refractivity contribution in [2.45, 2.75) is 81.1 Å². The number of imide groups is 2. The summed E-state index contributed by atoms with van der Waals surface area (Å²) in [5, 5.41) is 23.5. The van der Waals surface area contributed by atoms with E-state index < -0.39 is 47.4 Å². The number of anilines is 2. The molecule has 6 aliphatic heterocycles. The Labute approximate surface area is 453 Å². The number of piperazine rings is 1. The number of rotatable bonds is 21. The van der Waals surface area contributed by atoms with Gasteiger partial charge in [-0.3, -0.25) is 39.3 Å². The standard InChI is InChI=1S/C56H60F2N10O11/c1-2-37-41(57)10-7-32-25-36(69)26-39(45(32)37)48-47(58)49-40(27-61-48)50(66-28-33-8-9-34(29-66)62-33)65-54(64-49)79-31-56-14-4-18-67(56)35(13-15-56)30-78-55(74)60-17-20-76-22-24-77-23-21-75-19-16-59-42-6-3-5-38-46(42)53(73)68(52(38)72)43-11-12-44(70)63-51(43)71/h1,3,5-7,10,25-27,33-35,43,59,62,69H,4,8-9,11-24,28-31H2,(H,60,74)(H,63,70,71)/t33?,34?,35-,43?,56-/m0/s1. The molecule has 0 aliphatic carbocycles.